The van der Waals surface area contributed by atoms with Crippen LogP contribution in [-0.2, 0) is 11.3 Å². The molecule has 5 nitrogen and oxygen atoms in total. The van der Waals surface area contributed by atoms with Crippen LogP contribution in [0.15, 0.2) is 72.8 Å². The number of nitrogens with zero attached hydrogens (tertiary/aromatic N) is 1. The molecule has 0 aromatic heterocycles. The van der Waals surface area contributed by atoms with E-state index in [0.29, 0.717) is 23.8 Å². The second kappa shape index (κ2) is 7.13. The van der Waals surface area contributed by atoms with E-state index in [-0.39, 0.29) is 24.6 Å². The molecule has 146 valence electrons. The van der Waals surface area contributed by atoms with Gasteiger partial charge in [-0.2, -0.15) is 0 Å². The zero-order valence-corrected chi connectivity index (χ0v) is 15.5. The maximum atomic E-state index is 13.2. The first kappa shape index (κ1) is 17.6. The minimum absolute atomic E-state index is 0.110. The molecular weight excluding hydrogens is 373 g/mol. The Morgan fingerprint density at radius 2 is 1.72 bits per heavy atom. The number of halogens is 1. The largest absolute Gasteiger partial charge is 0.478 e. The van der Waals surface area contributed by atoms with Crippen molar-refractivity contribution in [1.29, 1.82) is 0 Å². The highest BCUT2D eigenvalue weighted by Gasteiger charge is 2.50. The molecule has 0 N–H and O–H groups in total. The van der Waals surface area contributed by atoms with Gasteiger partial charge in [-0.3, -0.25) is 4.79 Å². The molecule has 1 amide bonds. The van der Waals surface area contributed by atoms with E-state index in [0.717, 1.165) is 11.1 Å². The van der Waals surface area contributed by atoms with Crippen LogP contribution in [0, 0.1) is 5.82 Å². The molecule has 2 heterocycles. The van der Waals surface area contributed by atoms with Crippen molar-refractivity contribution >= 4 is 5.91 Å². The van der Waals surface area contributed by atoms with Crippen LogP contribution in [0.25, 0.3) is 0 Å². The van der Waals surface area contributed by atoms with Gasteiger partial charge in [0, 0.05) is 6.54 Å². The number of fused-ring (bicyclic) bond motifs is 1. The number of rotatable bonds is 5. The zero-order valence-electron chi connectivity index (χ0n) is 15.5. The van der Waals surface area contributed by atoms with Crippen molar-refractivity contribution < 1.29 is 23.4 Å². The van der Waals surface area contributed by atoms with Crippen LogP contribution < -0.4 is 14.2 Å². The Kier molecular flexibility index (Phi) is 4.31. The SMILES string of the molecule is O=C1[C@@H](Oc2ccccc2)[C@@H](c2ccc3c(c2)OCO3)N1Cc1ccc(F)cc1. The smallest absolute Gasteiger partial charge is 0.267 e. The average molecular weight is 391 g/mol. The van der Waals surface area contributed by atoms with Crippen molar-refractivity contribution in [2.24, 2.45) is 0 Å². The van der Waals surface area contributed by atoms with E-state index < -0.39 is 6.10 Å². The molecule has 2 aliphatic heterocycles. The van der Waals surface area contributed by atoms with Crippen molar-refractivity contribution in [1.82, 2.24) is 4.90 Å². The van der Waals surface area contributed by atoms with Crippen molar-refractivity contribution in [3.05, 3.63) is 89.7 Å². The highest BCUT2D eigenvalue weighted by atomic mass is 19.1. The number of carbonyl (C=O) groups excluding carboxylic acids is 1. The summed E-state index contributed by atoms with van der Waals surface area (Å²) >= 11 is 0. The summed E-state index contributed by atoms with van der Waals surface area (Å²) in [4.78, 5) is 14.7. The minimum Gasteiger partial charge on any atom is -0.478 e. The number of amides is 1. The number of likely N-dealkylation sites (tertiary alicyclic amines) is 1. The van der Waals surface area contributed by atoms with E-state index in [4.69, 9.17) is 14.2 Å². The van der Waals surface area contributed by atoms with Crippen LogP contribution in [0.3, 0.4) is 0 Å². The van der Waals surface area contributed by atoms with Crippen LogP contribution in [0.4, 0.5) is 4.39 Å². The zero-order chi connectivity index (χ0) is 19.8. The highest BCUT2D eigenvalue weighted by Crippen LogP contribution is 2.42. The van der Waals surface area contributed by atoms with E-state index >= 15 is 0 Å². The van der Waals surface area contributed by atoms with Crippen LogP contribution in [-0.4, -0.2) is 23.7 Å². The van der Waals surface area contributed by atoms with E-state index in [2.05, 4.69) is 0 Å². The summed E-state index contributed by atoms with van der Waals surface area (Å²) in [5, 5.41) is 0. The third-order valence-electron chi connectivity index (χ3n) is 5.16. The van der Waals surface area contributed by atoms with Gasteiger partial charge in [-0.25, -0.2) is 4.39 Å². The van der Waals surface area contributed by atoms with Gasteiger partial charge in [-0.15, -0.1) is 0 Å². The molecule has 0 spiro atoms. The lowest BCUT2D eigenvalue weighted by atomic mass is 9.89. The molecular formula is C23H18FNO4. The number of hydrogen-bond donors (Lipinski definition) is 0. The second-order valence-electron chi connectivity index (χ2n) is 7.00. The first-order valence-electron chi connectivity index (χ1n) is 9.35. The molecule has 3 aromatic rings. The van der Waals surface area contributed by atoms with Gasteiger partial charge in [0.1, 0.15) is 17.6 Å². The summed E-state index contributed by atoms with van der Waals surface area (Å²) in [6, 6.07) is 20.8. The summed E-state index contributed by atoms with van der Waals surface area (Å²) in [7, 11) is 0. The quantitative estimate of drug-likeness (QED) is 0.615. The number of carbonyl (C=O) groups is 1. The molecule has 2 aliphatic rings. The van der Waals surface area contributed by atoms with Gasteiger partial charge in [0.2, 0.25) is 12.9 Å². The van der Waals surface area contributed by atoms with E-state index in [1.54, 1.807) is 17.0 Å². The Morgan fingerprint density at radius 3 is 2.52 bits per heavy atom. The molecule has 0 unspecified atom stereocenters. The van der Waals surface area contributed by atoms with Crippen molar-refractivity contribution in [2.75, 3.05) is 6.79 Å². The Morgan fingerprint density at radius 1 is 0.966 bits per heavy atom. The van der Waals surface area contributed by atoms with Gasteiger partial charge < -0.3 is 19.1 Å². The molecule has 29 heavy (non-hydrogen) atoms. The predicted octanol–water partition coefficient (Wildman–Crippen LogP) is 4.09. The van der Waals surface area contributed by atoms with Crippen LogP contribution in [0.5, 0.6) is 17.2 Å². The highest BCUT2D eigenvalue weighted by molar-refractivity contribution is 5.89. The van der Waals surface area contributed by atoms with Crippen LogP contribution in [0.2, 0.25) is 0 Å². The Labute approximate surface area is 167 Å². The van der Waals surface area contributed by atoms with E-state index in [1.165, 1.54) is 12.1 Å². The number of hydrogen-bond acceptors (Lipinski definition) is 4. The second-order valence-corrected chi connectivity index (χ2v) is 7.00. The van der Waals surface area contributed by atoms with Crippen molar-refractivity contribution in [3.8, 4) is 17.2 Å². The number of benzene rings is 3. The summed E-state index contributed by atoms with van der Waals surface area (Å²) in [5.74, 6) is 1.56. The van der Waals surface area contributed by atoms with Gasteiger partial charge in [0.25, 0.3) is 5.91 Å². The molecule has 1 saturated heterocycles. The Bertz CT molecular complexity index is 1040. The molecule has 6 heteroatoms. The monoisotopic (exact) mass is 391 g/mol. The summed E-state index contributed by atoms with van der Waals surface area (Å²) in [6.07, 6.45) is -0.641. The third kappa shape index (κ3) is 3.27. The molecule has 2 atom stereocenters. The Hall–Kier alpha value is -3.54. The molecule has 0 saturated carbocycles. The van der Waals surface area contributed by atoms with E-state index in [9.17, 15) is 9.18 Å². The number of β-lactam (4-membered cyclic amide) rings is 1. The van der Waals surface area contributed by atoms with Gasteiger partial charge >= 0.3 is 0 Å². The van der Waals surface area contributed by atoms with E-state index in [1.807, 2.05) is 48.5 Å². The Balaban J connectivity index is 1.45. The average Bonchev–Trinajstić information content (AvgIpc) is 3.22. The normalized spacial score (nSPS) is 19.8. The fourth-order valence-electron chi connectivity index (χ4n) is 3.69. The lowest BCUT2D eigenvalue weighted by Crippen LogP contribution is -2.60. The fourth-order valence-corrected chi connectivity index (χ4v) is 3.69. The molecule has 3 aromatic carbocycles. The summed E-state index contributed by atoms with van der Waals surface area (Å²) in [5.41, 5.74) is 1.75. The van der Waals surface area contributed by atoms with Crippen LogP contribution >= 0.6 is 0 Å². The number of para-hydroxylation sites is 1. The number of ether oxygens (including phenoxy) is 3. The van der Waals surface area contributed by atoms with Gasteiger partial charge in [-0.05, 0) is 47.5 Å². The molecule has 0 aliphatic carbocycles. The topological polar surface area (TPSA) is 48.0 Å². The van der Waals surface area contributed by atoms with Crippen LogP contribution in [0.1, 0.15) is 17.2 Å². The molecule has 5 rings (SSSR count). The first-order chi connectivity index (χ1) is 14.2. The lowest BCUT2D eigenvalue weighted by Gasteiger charge is -2.46. The minimum atomic E-state index is -0.641. The molecule has 0 radical (unpaired) electrons. The van der Waals surface area contributed by atoms with Crippen molar-refractivity contribution in [3.63, 3.8) is 0 Å². The molecule has 1 fully saturated rings. The molecule has 0 bridgehead atoms. The summed E-state index contributed by atoms with van der Waals surface area (Å²) < 4.78 is 30.1. The fraction of sp³-hybridized carbons (Fsp3) is 0.174. The predicted molar refractivity (Wildman–Crippen MR) is 103 cm³/mol. The lowest BCUT2D eigenvalue weighted by molar-refractivity contribution is -0.165. The van der Waals surface area contributed by atoms with Gasteiger partial charge in [0.15, 0.2) is 11.5 Å². The first-order valence-corrected chi connectivity index (χ1v) is 9.35. The maximum Gasteiger partial charge on any atom is 0.267 e. The van der Waals surface area contributed by atoms with Gasteiger partial charge in [-0.1, -0.05) is 36.4 Å². The third-order valence-corrected chi connectivity index (χ3v) is 5.16. The van der Waals surface area contributed by atoms with Gasteiger partial charge in [0.05, 0.1) is 0 Å². The standard InChI is InChI=1S/C23H18FNO4/c24-17-9-6-15(7-10-17)13-25-21(16-8-11-19-20(12-16)28-14-27-19)22(23(25)26)29-18-4-2-1-3-5-18/h1-12,21-22H,13-14H2/t21-,22+/m1/s1. The maximum absolute atomic E-state index is 13.2. The summed E-state index contributed by atoms with van der Waals surface area (Å²) in [6.45, 7) is 0.554. The van der Waals surface area contributed by atoms with Crippen molar-refractivity contribution in [2.45, 2.75) is 18.7 Å².